The van der Waals surface area contributed by atoms with Gasteiger partial charge in [0.25, 0.3) is 0 Å². The Morgan fingerprint density at radius 1 is 1.45 bits per heavy atom. The molecule has 0 rings (SSSR count). The van der Waals surface area contributed by atoms with Gasteiger partial charge in [0, 0.05) is 12.3 Å². The van der Waals surface area contributed by atoms with Crippen molar-refractivity contribution < 1.29 is 77.4 Å². The fourth-order valence-corrected chi connectivity index (χ4v) is 1.06. The molecule has 0 amide bonds. The second-order valence-electron chi connectivity index (χ2n) is 1.13. The number of hydrogen-bond acceptors (Lipinski definition) is 6. The molecule has 0 bridgehead atoms. The predicted molar refractivity (Wildman–Crippen MR) is 30.2 cm³/mol. The van der Waals surface area contributed by atoms with Crippen molar-refractivity contribution in [3.8, 4) is 0 Å². The third kappa shape index (κ3) is 19.0. The number of hydrogen-bond donors (Lipinski definition) is 1. The number of phosphoric acid groups is 1. The van der Waals surface area contributed by atoms with Crippen LogP contribution in [-0.2, 0) is 8.54 Å². The zero-order valence-electron chi connectivity index (χ0n) is 6.48. The van der Waals surface area contributed by atoms with Crippen LogP contribution in [0.25, 0.3) is 0 Å². The van der Waals surface area contributed by atoms with Gasteiger partial charge in [-0.1, -0.05) is 0 Å². The molecule has 0 heterocycles. The minimum atomic E-state index is -4.79. The molecule has 0 aliphatic heterocycles. The molecule has 0 aromatic rings. The van der Waals surface area contributed by atoms with Gasteiger partial charge in [-0.25, -0.2) is 0 Å². The van der Waals surface area contributed by atoms with Gasteiger partial charge in [-0.05, 0) is 12.0 Å². The number of rotatable bonds is 4. The van der Waals surface area contributed by atoms with Gasteiger partial charge in [0.1, 0.15) is 0 Å². The monoisotopic (exact) mass is 217 g/mol. The van der Waals surface area contributed by atoms with Gasteiger partial charge in [-0.2, -0.15) is 0 Å². The van der Waals surface area contributed by atoms with E-state index in [0.29, 0.717) is 17.8 Å². The van der Waals surface area contributed by atoms with E-state index in [0.717, 1.165) is 0 Å². The Hall–Kier alpha value is 2.42. The fourth-order valence-electron chi connectivity index (χ4n) is 0.150. The minimum absolute atomic E-state index is 0. The van der Waals surface area contributed by atoms with Gasteiger partial charge in [0.05, 0.1) is 7.82 Å². The Bertz CT molecular complexity index is 121. The van der Waals surface area contributed by atoms with Crippen LogP contribution in [0.1, 0.15) is 0 Å². The van der Waals surface area contributed by atoms with Crippen molar-refractivity contribution in [2.75, 3.05) is 12.3 Å². The van der Waals surface area contributed by atoms with Crippen LogP contribution in [0.15, 0.2) is 0 Å². The Labute approximate surface area is 114 Å². The van der Waals surface area contributed by atoms with E-state index in [2.05, 4.69) is 3.97 Å². The molecule has 11 heavy (non-hydrogen) atoms. The molecule has 0 fully saturated rings. The molecule has 0 saturated heterocycles. The maximum atomic E-state index is 9.69. The summed E-state index contributed by atoms with van der Waals surface area (Å²) < 4.78 is 13.4. The Morgan fingerprint density at radius 3 is 2.18 bits per heavy atom. The average Bonchev–Trinajstić information content (AvgIpc) is 1.63. The van der Waals surface area contributed by atoms with Crippen molar-refractivity contribution in [3.63, 3.8) is 0 Å². The first-order chi connectivity index (χ1) is 4.06. The van der Waals surface area contributed by atoms with Crippen LogP contribution in [0.4, 0.5) is 0 Å². The van der Waals surface area contributed by atoms with E-state index in [4.69, 9.17) is 5.73 Å². The molecular weight excluding hydrogens is 211 g/mol. The molecule has 0 aromatic heterocycles. The molecule has 0 radical (unpaired) electrons. The molecule has 0 aliphatic rings. The minimum Gasteiger partial charge on any atom is -0.789 e. The summed E-state index contributed by atoms with van der Waals surface area (Å²) in [5.41, 5.74) is 4.96. The Kier molecular flexibility index (Phi) is 18.2. The summed E-state index contributed by atoms with van der Waals surface area (Å²) in [6.45, 7) is 0.282. The van der Waals surface area contributed by atoms with E-state index in [1.165, 1.54) is 0 Å². The summed E-state index contributed by atoms with van der Waals surface area (Å²) >= 11 is 0.547. The molecule has 5 nitrogen and oxygen atoms in total. The summed E-state index contributed by atoms with van der Waals surface area (Å²) in [5.74, 6) is 0.300. The first-order valence-corrected chi connectivity index (χ1v) is 4.47. The maximum absolute atomic E-state index is 9.69. The van der Waals surface area contributed by atoms with E-state index in [9.17, 15) is 14.4 Å². The SMILES string of the molecule is NCCSOP(=O)([O-])[O-].[Na+].[Na+]. The molecule has 56 valence electrons. The van der Waals surface area contributed by atoms with E-state index in [1.54, 1.807) is 0 Å². The fraction of sp³-hybridized carbons (Fsp3) is 1.00. The molecule has 0 unspecified atom stereocenters. The summed E-state index contributed by atoms with van der Waals surface area (Å²) in [7, 11) is -4.79. The molecule has 0 saturated carbocycles. The van der Waals surface area contributed by atoms with Crippen molar-refractivity contribution >= 4 is 19.9 Å². The van der Waals surface area contributed by atoms with Crippen LogP contribution < -0.4 is 74.6 Å². The van der Waals surface area contributed by atoms with Gasteiger partial charge in [0.15, 0.2) is 0 Å². The van der Waals surface area contributed by atoms with Crippen LogP contribution in [0, 0.1) is 0 Å². The van der Waals surface area contributed by atoms with Crippen LogP contribution in [0.5, 0.6) is 0 Å². The smallest absolute Gasteiger partial charge is 0.789 e. The van der Waals surface area contributed by atoms with Crippen molar-refractivity contribution in [1.82, 2.24) is 0 Å². The van der Waals surface area contributed by atoms with E-state index in [-0.39, 0.29) is 65.7 Å². The Morgan fingerprint density at radius 2 is 1.91 bits per heavy atom. The first kappa shape index (κ1) is 19.1. The van der Waals surface area contributed by atoms with E-state index >= 15 is 0 Å². The molecule has 2 N–H and O–H groups in total. The van der Waals surface area contributed by atoms with Crippen molar-refractivity contribution in [1.29, 1.82) is 0 Å². The van der Waals surface area contributed by atoms with Crippen molar-refractivity contribution in [2.24, 2.45) is 5.73 Å². The molecule has 0 aromatic carbocycles. The molecule has 0 aliphatic carbocycles. The molecule has 0 spiro atoms. The topological polar surface area (TPSA) is 98.4 Å². The summed E-state index contributed by atoms with van der Waals surface area (Å²) in [5, 5.41) is 0. The summed E-state index contributed by atoms with van der Waals surface area (Å²) in [6.07, 6.45) is 0. The zero-order chi connectivity index (χ0) is 7.33. The first-order valence-electron chi connectivity index (χ1n) is 2.09. The standard InChI is InChI=1S/C2H8NO4PS.2Na/c3-1-2-9-7-8(4,5)6;;/h1-3H2,(H2,4,5,6);;/q;2*+1/p-2. The molecule has 9 heteroatoms. The van der Waals surface area contributed by atoms with Crippen molar-refractivity contribution in [3.05, 3.63) is 0 Å². The van der Waals surface area contributed by atoms with Crippen LogP contribution >= 0.6 is 19.9 Å². The summed E-state index contributed by atoms with van der Waals surface area (Å²) in [4.78, 5) is 19.4. The van der Waals surface area contributed by atoms with Gasteiger partial charge in [-0.3, -0.25) is 3.97 Å². The zero-order valence-corrected chi connectivity index (χ0v) is 12.2. The second-order valence-corrected chi connectivity index (χ2v) is 3.27. The third-order valence-electron chi connectivity index (χ3n) is 0.345. The second kappa shape index (κ2) is 10.5. The Balaban J connectivity index is -0.000000320. The van der Waals surface area contributed by atoms with E-state index < -0.39 is 7.82 Å². The van der Waals surface area contributed by atoms with Crippen LogP contribution in [0.2, 0.25) is 0 Å². The maximum Gasteiger partial charge on any atom is 1.00 e. The summed E-state index contributed by atoms with van der Waals surface area (Å²) in [6, 6.07) is 0. The van der Waals surface area contributed by atoms with E-state index in [1.807, 2.05) is 0 Å². The van der Waals surface area contributed by atoms with Crippen LogP contribution in [0.3, 0.4) is 0 Å². The average molecular weight is 217 g/mol. The molecular formula is C2H6NNa2O4PS. The van der Waals surface area contributed by atoms with Gasteiger partial charge >= 0.3 is 59.1 Å². The third-order valence-corrected chi connectivity index (χ3v) is 1.90. The number of nitrogens with two attached hydrogens (primary N) is 1. The molecule has 0 atom stereocenters. The van der Waals surface area contributed by atoms with Crippen molar-refractivity contribution in [2.45, 2.75) is 0 Å². The van der Waals surface area contributed by atoms with Gasteiger partial charge in [0.2, 0.25) is 0 Å². The normalized spacial score (nSPS) is 9.73. The predicted octanol–water partition coefficient (Wildman–Crippen LogP) is -7.55. The van der Waals surface area contributed by atoms with Gasteiger partial charge in [-0.15, -0.1) is 0 Å². The quantitative estimate of drug-likeness (QED) is 0.217. The van der Waals surface area contributed by atoms with Gasteiger partial charge < -0.3 is 20.1 Å². The largest absolute Gasteiger partial charge is 1.00 e. The van der Waals surface area contributed by atoms with Crippen LogP contribution in [-0.4, -0.2) is 12.3 Å².